The molecular weight excluding hydrogens is 426 g/mol. The summed E-state index contributed by atoms with van der Waals surface area (Å²) < 4.78 is 31.9. The van der Waals surface area contributed by atoms with Crippen molar-refractivity contribution in [2.45, 2.75) is 20.0 Å². The minimum absolute atomic E-state index is 0.0647. The molecule has 2 heterocycles. The molecule has 1 amide bonds. The highest BCUT2D eigenvalue weighted by Gasteiger charge is 2.23. The van der Waals surface area contributed by atoms with E-state index in [2.05, 4.69) is 10.3 Å². The zero-order chi connectivity index (χ0) is 22.4. The van der Waals surface area contributed by atoms with Crippen LogP contribution in [0.3, 0.4) is 0 Å². The third-order valence-corrected chi connectivity index (χ3v) is 5.29. The molecule has 31 heavy (non-hydrogen) atoms. The summed E-state index contributed by atoms with van der Waals surface area (Å²) in [5.74, 6) is -0.755. The summed E-state index contributed by atoms with van der Waals surface area (Å²) in [4.78, 5) is 30.6. The van der Waals surface area contributed by atoms with Crippen LogP contribution in [0.2, 0.25) is 0 Å². The van der Waals surface area contributed by atoms with Crippen molar-refractivity contribution in [2.75, 3.05) is 25.5 Å². The molecule has 0 saturated carbocycles. The number of nitrogens with zero attached hydrogens (tertiary/aromatic N) is 3. The Labute approximate surface area is 182 Å². The fourth-order valence-corrected chi connectivity index (χ4v) is 4.01. The minimum Gasteiger partial charge on any atom is -0.462 e. The fraction of sp³-hybridized carbons (Fsp3) is 0.286. The highest BCUT2D eigenvalue weighted by molar-refractivity contribution is 7.15. The molecule has 0 aliphatic heterocycles. The topological polar surface area (TPSA) is 76.5 Å². The zero-order valence-electron chi connectivity index (χ0n) is 17.0. The van der Waals surface area contributed by atoms with Gasteiger partial charge in [0.2, 0.25) is 5.91 Å². The monoisotopic (exact) mass is 448 g/mol. The second-order valence-electron chi connectivity index (χ2n) is 6.69. The molecule has 10 heteroatoms. The van der Waals surface area contributed by atoms with Gasteiger partial charge in [-0.15, -0.1) is 11.3 Å². The third kappa shape index (κ3) is 5.53. The molecule has 0 fully saturated rings. The van der Waals surface area contributed by atoms with Crippen molar-refractivity contribution < 1.29 is 23.1 Å². The molecule has 0 radical (unpaired) electrons. The predicted molar refractivity (Wildman–Crippen MR) is 114 cm³/mol. The lowest BCUT2D eigenvalue weighted by molar-refractivity contribution is -0.117. The van der Waals surface area contributed by atoms with Crippen molar-refractivity contribution in [3.8, 4) is 11.1 Å². The fourth-order valence-electron chi connectivity index (χ4n) is 3.04. The summed E-state index contributed by atoms with van der Waals surface area (Å²) in [5, 5.41) is 4.92. The van der Waals surface area contributed by atoms with E-state index < -0.39 is 12.5 Å². The van der Waals surface area contributed by atoms with E-state index in [1.54, 1.807) is 24.3 Å². The van der Waals surface area contributed by atoms with E-state index in [1.165, 1.54) is 23.7 Å². The number of halogens is 2. The van der Waals surface area contributed by atoms with Gasteiger partial charge in [-0.2, -0.15) is 8.78 Å². The number of rotatable bonds is 9. The van der Waals surface area contributed by atoms with Crippen molar-refractivity contribution in [3.63, 3.8) is 0 Å². The van der Waals surface area contributed by atoms with E-state index in [1.807, 2.05) is 30.3 Å². The summed E-state index contributed by atoms with van der Waals surface area (Å²) in [5.41, 5.74) is 1.80. The van der Waals surface area contributed by atoms with Crippen molar-refractivity contribution in [1.29, 1.82) is 0 Å². The Hall–Kier alpha value is -3.11. The number of esters is 1. The molecule has 164 valence electrons. The molecule has 7 nitrogen and oxygen atoms in total. The van der Waals surface area contributed by atoms with Crippen LogP contribution in [0.15, 0.2) is 48.1 Å². The largest absolute Gasteiger partial charge is 0.462 e. The lowest BCUT2D eigenvalue weighted by Gasteiger charge is -2.17. The molecule has 0 spiro atoms. The van der Waals surface area contributed by atoms with Gasteiger partial charge in [-0.1, -0.05) is 30.3 Å². The Morgan fingerprint density at radius 3 is 2.71 bits per heavy atom. The lowest BCUT2D eigenvalue weighted by Crippen LogP contribution is -2.31. The molecule has 1 aromatic carbocycles. The number of aromatic nitrogens is 2. The van der Waals surface area contributed by atoms with Crippen LogP contribution in [-0.4, -0.2) is 46.5 Å². The van der Waals surface area contributed by atoms with Crippen LogP contribution in [0.25, 0.3) is 11.1 Å². The molecule has 3 rings (SSSR count). The van der Waals surface area contributed by atoms with Gasteiger partial charge in [-0.05, 0) is 19.5 Å². The van der Waals surface area contributed by atoms with Gasteiger partial charge in [0.25, 0.3) is 0 Å². The number of imidazole rings is 1. The Morgan fingerprint density at radius 1 is 1.29 bits per heavy atom. The van der Waals surface area contributed by atoms with Crippen molar-refractivity contribution in [2.24, 2.45) is 0 Å². The average Bonchev–Trinajstić information content (AvgIpc) is 3.35. The van der Waals surface area contributed by atoms with Crippen LogP contribution in [0, 0.1) is 0 Å². The predicted octanol–water partition coefficient (Wildman–Crippen LogP) is 4.25. The molecule has 0 saturated heterocycles. The molecule has 0 atom stereocenters. The third-order valence-electron chi connectivity index (χ3n) is 4.39. The smallest absolute Gasteiger partial charge is 0.341 e. The maximum Gasteiger partial charge on any atom is 0.341 e. The Kier molecular flexibility index (Phi) is 7.48. The number of hydrogen-bond donors (Lipinski definition) is 1. The van der Waals surface area contributed by atoms with E-state index in [0.717, 1.165) is 10.1 Å². The number of benzene rings is 1. The van der Waals surface area contributed by atoms with Gasteiger partial charge in [-0.3, -0.25) is 14.3 Å². The van der Waals surface area contributed by atoms with E-state index in [4.69, 9.17) is 4.74 Å². The summed E-state index contributed by atoms with van der Waals surface area (Å²) in [6.07, 6.45) is 2.48. The molecule has 0 aliphatic rings. The number of carbonyl (C=O) groups is 2. The molecule has 0 bridgehead atoms. The standard InChI is InChI=1S/C21H22F2N4O3S/c1-3-30-20(29)18-15(14-7-5-4-6-8-14)13-31-19(18)25-17(28)12-26(2)11-16-24-9-10-27(16)21(22)23/h4-10,13,21H,3,11-12H2,1-2H3,(H,25,28). The van der Waals surface area contributed by atoms with Gasteiger partial charge in [0, 0.05) is 23.3 Å². The number of alkyl halides is 2. The highest BCUT2D eigenvalue weighted by atomic mass is 32.1. The summed E-state index contributed by atoms with van der Waals surface area (Å²) in [6, 6.07) is 9.33. The number of hydrogen-bond acceptors (Lipinski definition) is 6. The van der Waals surface area contributed by atoms with Crippen LogP contribution in [0.5, 0.6) is 0 Å². The van der Waals surface area contributed by atoms with Gasteiger partial charge >= 0.3 is 12.5 Å². The van der Waals surface area contributed by atoms with Crippen LogP contribution < -0.4 is 5.32 Å². The second-order valence-corrected chi connectivity index (χ2v) is 7.57. The van der Waals surface area contributed by atoms with E-state index in [-0.39, 0.29) is 31.4 Å². The molecule has 1 N–H and O–H groups in total. The summed E-state index contributed by atoms with van der Waals surface area (Å²) in [6.45, 7) is -0.792. The Bertz CT molecular complexity index is 1040. The maximum absolute atomic E-state index is 13.0. The first kappa shape index (κ1) is 22.6. The zero-order valence-corrected chi connectivity index (χ0v) is 17.9. The highest BCUT2D eigenvalue weighted by Crippen LogP contribution is 2.36. The second kappa shape index (κ2) is 10.3. The molecule has 3 aromatic rings. The quantitative estimate of drug-likeness (QED) is 0.495. The summed E-state index contributed by atoms with van der Waals surface area (Å²) in [7, 11) is 1.63. The molecule has 0 aliphatic carbocycles. The molecule has 2 aromatic heterocycles. The Morgan fingerprint density at radius 2 is 2.03 bits per heavy atom. The first-order chi connectivity index (χ1) is 14.9. The number of anilines is 1. The Balaban J connectivity index is 1.74. The van der Waals surface area contributed by atoms with Gasteiger partial charge in [0.05, 0.1) is 19.7 Å². The SMILES string of the molecule is CCOC(=O)c1c(-c2ccccc2)csc1NC(=O)CN(C)Cc1nccn1C(F)F. The van der Waals surface area contributed by atoms with Crippen molar-refractivity contribution >= 4 is 28.2 Å². The minimum atomic E-state index is -2.70. The summed E-state index contributed by atoms with van der Waals surface area (Å²) >= 11 is 1.23. The normalized spacial score (nSPS) is 11.2. The average molecular weight is 448 g/mol. The van der Waals surface area contributed by atoms with E-state index >= 15 is 0 Å². The van der Waals surface area contributed by atoms with Crippen LogP contribution >= 0.6 is 11.3 Å². The number of nitrogens with one attached hydrogen (secondary N) is 1. The van der Waals surface area contributed by atoms with Crippen molar-refractivity contribution in [1.82, 2.24) is 14.5 Å². The number of ether oxygens (including phenoxy) is 1. The first-order valence-electron chi connectivity index (χ1n) is 9.53. The number of amides is 1. The van der Waals surface area contributed by atoms with Crippen LogP contribution in [0.4, 0.5) is 13.8 Å². The number of carbonyl (C=O) groups excluding carboxylic acids is 2. The van der Waals surface area contributed by atoms with E-state index in [0.29, 0.717) is 16.1 Å². The number of thiophene rings is 1. The van der Waals surface area contributed by atoms with Crippen molar-refractivity contribution in [3.05, 3.63) is 59.5 Å². The molecular formula is C21H22F2N4O3S. The number of likely N-dealkylation sites (N-methyl/N-ethyl adjacent to an activating group) is 1. The maximum atomic E-state index is 13.0. The first-order valence-corrected chi connectivity index (χ1v) is 10.4. The van der Waals surface area contributed by atoms with E-state index in [9.17, 15) is 18.4 Å². The van der Waals surface area contributed by atoms with Crippen LogP contribution in [0.1, 0.15) is 29.7 Å². The van der Waals surface area contributed by atoms with Gasteiger partial charge in [-0.25, -0.2) is 9.78 Å². The van der Waals surface area contributed by atoms with Gasteiger partial charge in [0.1, 0.15) is 16.4 Å². The lowest BCUT2D eigenvalue weighted by atomic mass is 10.0. The van der Waals surface area contributed by atoms with Crippen LogP contribution in [-0.2, 0) is 16.1 Å². The van der Waals surface area contributed by atoms with Gasteiger partial charge < -0.3 is 10.1 Å². The van der Waals surface area contributed by atoms with Gasteiger partial charge in [0.15, 0.2) is 0 Å². The molecule has 0 unspecified atom stereocenters.